The Morgan fingerprint density at radius 1 is 0.250 bits per heavy atom. The van der Waals surface area contributed by atoms with Crippen LogP contribution < -0.4 is 0 Å². The van der Waals surface area contributed by atoms with Gasteiger partial charge in [-0.2, -0.15) is 0 Å². The lowest BCUT2D eigenvalue weighted by atomic mass is 9.99. The van der Waals surface area contributed by atoms with Gasteiger partial charge in [0, 0.05) is 32.9 Å². The molecule has 0 bridgehead atoms. The first-order valence-corrected chi connectivity index (χ1v) is 15.1. The topological polar surface area (TPSA) is 9.86 Å². The van der Waals surface area contributed by atoms with Crippen LogP contribution in [0.3, 0.4) is 0 Å². The Labute approximate surface area is 255 Å². The molecule has 0 saturated heterocycles. The van der Waals surface area contributed by atoms with Gasteiger partial charge in [-0.05, 0) is 76.9 Å². The maximum absolute atomic E-state index is 2.36. The summed E-state index contributed by atoms with van der Waals surface area (Å²) in [5.74, 6) is 0. The average molecular weight is 561 g/mol. The molecular weight excluding hydrogens is 532 g/mol. The number of rotatable bonds is 4. The minimum atomic E-state index is 1.17. The first-order chi connectivity index (χ1) is 21.8. The standard InChI is InChI=1S/C42H28N2/c1-5-16-39-35(12-1)36-13-2-6-17-40(36)43(39)33-24-20-29(21-25-33)31-10-9-11-32(28-31)30-22-26-34(27-23-30)44-41-18-7-3-14-37(41)38-15-4-8-19-42(38)44/h1-28H. The molecule has 44 heavy (non-hydrogen) atoms. The van der Waals surface area contributed by atoms with Crippen LogP contribution in [0.4, 0.5) is 0 Å². The molecule has 2 aromatic heterocycles. The Morgan fingerprint density at radius 3 is 0.909 bits per heavy atom. The molecule has 7 aromatic carbocycles. The molecule has 0 spiro atoms. The summed E-state index contributed by atoms with van der Waals surface area (Å²) in [7, 11) is 0. The SMILES string of the molecule is c1cc(-c2ccc(-n3c4ccccc4c4ccccc43)cc2)cc(-c2ccc(-n3c4ccccc4c4ccccc43)cc2)c1. The monoisotopic (exact) mass is 560 g/mol. The van der Waals surface area contributed by atoms with Gasteiger partial charge in [-0.3, -0.25) is 0 Å². The summed E-state index contributed by atoms with van der Waals surface area (Å²) in [6, 6.07) is 61.4. The summed E-state index contributed by atoms with van der Waals surface area (Å²) in [5, 5.41) is 5.13. The van der Waals surface area contributed by atoms with E-state index in [1.807, 2.05) is 0 Å². The summed E-state index contributed by atoms with van der Waals surface area (Å²) < 4.78 is 4.73. The smallest absolute Gasteiger partial charge is 0.0541 e. The zero-order valence-corrected chi connectivity index (χ0v) is 24.1. The third-order valence-corrected chi connectivity index (χ3v) is 8.94. The van der Waals surface area contributed by atoms with Gasteiger partial charge in [0.05, 0.1) is 22.1 Å². The molecule has 0 atom stereocenters. The predicted octanol–water partition coefficient (Wildman–Crippen LogP) is 11.2. The summed E-state index contributed by atoms with van der Waals surface area (Å²) in [4.78, 5) is 0. The lowest BCUT2D eigenvalue weighted by Crippen LogP contribution is -1.94. The van der Waals surface area contributed by atoms with Gasteiger partial charge in [-0.25, -0.2) is 0 Å². The number of fused-ring (bicyclic) bond motifs is 6. The van der Waals surface area contributed by atoms with Crippen LogP contribution in [0.2, 0.25) is 0 Å². The van der Waals surface area contributed by atoms with Crippen molar-refractivity contribution in [2.24, 2.45) is 0 Å². The number of hydrogen-bond donors (Lipinski definition) is 0. The molecule has 0 aliphatic rings. The molecule has 2 heterocycles. The molecule has 0 N–H and O–H groups in total. The van der Waals surface area contributed by atoms with E-state index in [2.05, 4.69) is 179 Å². The third kappa shape index (κ3) is 3.82. The van der Waals surface area contributed by atoms with Gasteiger partial charge in [-0.15, -0.1) is 0 Å². The van der Waals surface area contributed by atoms with Gasteiger partial charge < -0.3 is 9.13 Å². The van der Waals surface area contributed by atoms with Crippen LogP contribution >= 0.6 is 0 Å². The molecule has 9 aromatic rings. The zero-order valence-electron chi connectivity index (χ0n) is 24.1. The van der Waals surface area contributed by atoms with Crippen molar-refractivity contribution in [2.45, 2.75) is 0 Å². The lowest BCUT2D eigenvalue weighted by molar-refractivity contribution is 1.18. The maximum Gasteiger partial charge on any atom is 0.0541 e. The van der Waals surface area contributed by atoms with Crippen LogP contribution in [0.1, 0.15) is 0 Å². The summed E-state index contributed by atoms with van der Waals surface area (Å²) in [5.41, 5.74) is 12.1. The summed E-state index contributed by atoms with van der Waals surface area (Å²) >= 11 is 0. The van der Waals surface area contributed by atoms with Gasteiger partial charge in [0.25, 0.3) is 0 Å². The lowest BCUT2D eigenvalue weighted by Gasteiger charge is -2.11. The van der Waals surface area contributed by atoms with Crippen molar-refractivity contribution in [2.75, 3.05) is 0 Å². The second-order valence-electron chi connectivity index (χ2n) is 11.4. The molecule has 206 valence electrons. The molecule has 0 aliphatic carbocycles. The van der Waals surface area contributed by atoms with E-state index in [4.69, 9.17) is 0 Å². The highest BCUT2D eigenvalue weighted by Crippen LogP contribution is 2.35. The van der Waals surface area contributed by atoms with E-state index >= 15 is 0 Å². The highest BCUT2D eigenvalue weighted by atomic mass is 15.0. The van der Waals surface area contributed by atoms with Crippen LogP contribution in [0.5, 0.6) is 0 Å². The van der Waals surface area contributed by atoms with Gasteiger partial charge in [0.15, 0.2) is 0 Å². The van der Waals surface area contributed by atoms with Crippen molar-refractivity contribution in [3.05, 3.63) is 170 Å². The van der Waals surface area contributed by atoms with Crippen molar-refractivity contribution in [3.8, 4) is 33.6 Å². The molecule has 0 amide bonds. The Balaban J connectivity index is 1.06. The molecule has 9 rings (SSSR count). The van der Waals surface area contributed by atoms with E-state index in [-0.39, 0.29) is 0 Å². The largest absolute Gasteiger partial charge is 0.309 e. The van der Waals surface area contributed by atoms with Gasteiger partial charge in [-0.1, -0.05) is 115 Å². The molecular formula is C42H28N2. The predicted molar refractivity (Wildman–Crippen MR) is 186 cm³/mol. The Morgan fingerprint density at radius 2 is 0.568 bits per heavy atom. The third-order valence-electron chi connectivity index (χ3n) is 8.94. The number of hydrogen-bond acceptors (Lipinski definition) is 0. The molecule has 0 saturated carbocycles. The molecule has 0 unspecified atom stereocenters. The highest BCUT2D eigenvalue weighted by molar-refractivity contribution is 6.10. The summed E-state index contributed by atoms with van der Waals surface area (Å²) in [6.45, 7) is 0. The fourth-order valence-corrected chi connectivity index (χ4v) is 6.89. The van der Waals surface area contributed by atoms with Crippen molar-refractivity contribution < 1.29 is 0 Å². The van der Waals surface area contributed by atoms with Crippen LogP contribution in [0, 0.1) is 0 Å². The van der Waals surface area contributed by atoms with Crippen LogP contribution in [0.15, 0.2) is 170 Å². The van der Waals surface area contributed by atoms with Crippen molar-refractivity contribution in [1.82, 2.24) is 9.13 Å². The van der Waals surface area contributed by atoms with Crippen LogP contribution in [-0.2, 0) is 0 Å². The van der Waals surface area contributed by atoms with E-state index in [1.54, 1.807) is 0 Å². The number of para-hydroxylation sites is 4. The molecule has 0 fully saturated rings. The first-order valence-electron chi connectivity index (χ1n) is 15.1. The average Bonchev–Trinajstić information content (AvgIpc) is 3.62. The Hall–Kier alpha value is -5.86. The van der Waals surface area contributed by atoms with Gasteiger partial charge in [0.1, 0.15) is 0 Å². The van der Waals surface area contributed by atoms with Crippen molar-refractivity contribution in [1.29, 1.82) is 0 Å². The molecule has 2 nitrogen and oxygen atoms in total. The van der Waals surface area contributed by atoms with E-state index in [0.29, 0.717) is 0 Å². The quantitative estimate of drug-likeness (QED) is 0.203. The number of nitrogens with zero attached hydrogens (tertiary/aromatic N) is 2. The fourth-order valence-electron chi connectivity index (χ4n) is 6.89. The maximum atomic E-state index is 2.36. The fraction of sp³-hybridized carbons (Fsp3) is 0. The number of aromatic nitrogens is 2. The van der Waals surface area contributed by atoms with Crippen molar-refractivity contribution in [3.63, 3.8) is 0 Å². The van der Waals surface area contributed by atoms with Gasteiger partial charge in [0.2, 0.25) is 0 Å². The number of benzene rings is 7. The van der Waals surface area contributed by atoms with E-state index in [1.165, 1.54) is 77.2 Å². The molecule has 0 radical (unpaired) electrons. The van der Waals surface area contributed by atoms with Gasteiger partial charge >= 0.3 is 0 Å². The second kappa shape index (κ2) is 9.86. The normalized spacial score (nSPS) is 11.6. The van der Waals surface area contributed by atoms with Crippen molar-refractivity contribution >= 4 is 43.6 Å². The first kappa shape index (κ1) is 24.7. The Kier molecular flexibility index (Phi) is 5.54. The van der Waals surface area contributed by atoms with E-state index in [9.17, 15) is 0 Å². The zero-order chi connectivity index (χ0) is 29.0. The highest BCUT2D eigenvalue weighted by Gasteiger charge is 2.13. The minimum Gasteiger partial charge on any atom is -0.309 e. The van der Waals surface area contributed by atoms with Crippen LogP contribution in [-0.4, -0.2) is 9.13 Å². The second-order valence-corrected chi connectivity index (χ2v) is 11.4. The Bertz CT molecular complexity index is 2200. The molecule has 0 aliphatic heterocycles. The van der Waals surface area contributed by atoms with E-state index in [0.717, 1.165) is 0 Å². The summed E-state index contributed by atoms with van der Waals surface area (Å²) in [6.07, 6.45) is 0. The molecule has 2 heteroatoms. The minimum absolute atomic E-state index is 1.17. The van der Waals surface area contributed by atoms with E-state index < -0.39 is 0 Å². The van der Waals surface area contributed by atoms with Crippen LogP contribution in [0.25, 0.3) is 77.2 Å².